The average molecular weight is 459 g/mol. The van der Waals surface area contributed by atoms with Crippen LogP contribution >= 0.6 is 11.6 Å². The molecule has 5 atom stereocenters. The van der Waals surface area contributed by atoms with E-state index < -0.39 is 41.0 Å². The molecule has 4 aliphatic rings. The molecule has 0 saturated carbocycles. The highest BCUT2D eigenvalue weighted by atomic mass is 35.5. The van der Waals surface area contributed by atoms with Gasteiger partial charge in [-0.2, -0.15) is 0 Å². The molecule has 1 unspecified atom stereocenters. The van der Waals surface area contributed by atoms with E-state index in [1.807, 2.05) is 0 Å². The van der Waals surface area contributed by atoms with Crippen LogP contribution in [-0.4, -0.2) is 71.3 Å². The minimum atomic E-state index is -1.38. The molecule has 1 spiro atoms. The Bertz CT molecular complexity index is 1060. The lowest BCUT2D eigenvalue weighted by Crippen LogP contribution is -2.56. The number of ether oxygens (including phenoxy) is 2. The van der Waals surface area contributed by atoms with E-state index in [0.717, 1.165) is 0 Å². The topological polar surface area (TPSA) is 96.4 Å². The van der Waals surface area contributed by atoms with Gasteiger partial charge in [-0.15, -0.1) is 0 Å². The number of esters is 1. The Labute approximate surface area is 190 Å². The van der Waals surface area contributed by atoms with Gasteiger partial charge in [0.2, 0.25) is 5.91 Å². The van der Waals surface area contributed by atoms with Gasteiger partial charge >= 0.3 is 5.97 Å². The zero-order valence-corrected chi connectivity index (χ0v) is 18.2. The minimum absolute atomic E-state index is 0.0601. The Kier molecular flexibility index (Phi) is 4.92. The van der Waals surface area contributed by atoms with Crippen molar-refractivity contribution in [2.24, 2.45) is 11.8 Å². The number of aliphatic hydroxyl groups is 1. The van der Waals surface area contributed by atoms with Crippen LogP contribution in [0.2, 0.25) is 5.02 Å². The van der Waals surface area contributed by atoms with Crippen LogP contribution in [0.15, 0.2) is 48.6 Å². The second-order valence-corrected chi connectivity index (χ2v) is 8.99. The number of carbonyl (C=O) groups is 3. The maximum absolute atomic E-state index is 13.9. The summed E-state index contributed by atoms with van der Waals surface area (Å²) in [6.45, 7) is 1.67. The predicted molar refractivity (Wildman–Crippen MR) is 115 cm³/mol. The smallest absolute Gasteiger partial charge is 0.313 e. The van der Waals surface area contributed by atoms with E-state index in [4.69, 9.17) is 21.1 Å². The number of nitrogens with zero attached hydrogens (tertiary/aromatic N) is 2. The first-order valence-electron chi connectivity index (χ1n) is 10.5. The van der Waals surface area contributed by atoms with Crippen molar-refractivity contribution in [3.63, 3.8) is 0 Å². The highest BCUT2D eigenvalue weighted by molar-refractivity contribution is 6.34. The van der Waals surface area contributed by atoms with Crippen molar-refractivity contribution in [1.29, 1.82) is 0 Å². The quantitative estimate of drug-likeness (QED) is 0.542. The van der Waals surface area contributed by atoms with E-state index in [2.05, 4.69) is 0 Å². The summed E-state index contributed by atoms with van der Waals surface area (Å²) in [5.74, 6) is -3.20. The first kappa shape index (κ1) is 21.2. The Morgan fingerprint density at radius 3 is 2.66 bits per heavy atom. The molecular weight excluding hydrogens is 436 g/mol. The molecule has 0 radical (unpaired) electrons. The number of carbonyl (C=O) groups excluding carboxylic acids is 3. The van der Waals surface area contributed by atoms with Crippen LogP contribution in [0, 0.1) is 11.8 Å². The van der Waals surface area contributed by atoms with Crippen LogP contribution in [0.1, 0.15) is 6.92 Å². The number of para-hydroxylation sites is 1. The fraction of sp³-hybridized carbons (Fsp3) is 0.435. The zero-order valence-electron chi connectivity index (χ0n) is 17.4. The van der Waals surface area contributed by atoms with Gasteiger partial charge in [-0.1, -0.05) is 42.0 Å². The molecule has 32 heavy (non-hydrogen) atoms. The number of benzene rings is 1. The molecular formula is C23H23ClN2O6. The molecule has 1 aromatic rings. The molecule has 0 aromatic heterocycles. The zero-order chi connectivity index (χ0) is 22.7. The maximum atomic E-state index is 13.9. The number of anilines is 1. The van der Waals surface area contributed by atoms with Crippen LogP contribution < -0.4 is 4.90 Å². The lowest BCUT2D eigenvalue weighted by atomic mass is 9.75. The van der Waals surface area contributed by atoms with Crippen LogP contribution in [0.4, 0.5) is 5.69 Å². The van der Waals surface area contributed by atoms with Crippen molar-refractivity contribution in [3.8, 4) is 0 Å². The number of halogens is 1. The summed E-state index contributed by atoms with van der Waals surface area (Å²) in [6.07, 6.45) is 6.94. The van der Waals surface area contributed by atoms with E-state index in [1.165, 1.54) is 9.80 Å². The molecule has 8 nitrogen and oxygen atoms in total. The number of β-amino-alcohol motifs (C(OH)–C–C–N with tert-alkyl or cyclic N) is 1. The highest BCUT2D eigenvalue weighted by Crippen LogP contribution is 2.57. The van der Waals surface area contributed by atoms with Crippen molar-refractivity contribution in [2.45, 2.75) is 24.2 Å². The van der Waals surface area contributed by atoms with Crippen molar-refractivity contribution in [1.82, 2.24) is 4.90 Å². The number of likely N-dealkylation sites (tertiary alicyclic amines) is 1. The molecule has 2 amide bonds. The highest BCUT2D eigenvalue weighted by Gasteiger charge is 2.74. The first-order chi connectivity index (χ1) is 15.3. The molecule has 0 bridgehead atoms. The van der Waals surface area contributed by atoms with E-state index >= 15 is 0 Å². The number of fused-ring (bicyclic) bond motifs is 2. The first-order valence-corrected chi connectivity index (χ1v) is 10.9. The van der Waals surface area contributed by atoms with Gasteiger partial charge in [-0.25, -0.2) is 0 Å². The number of aliphatic hydroxyl groups excluding tert-OH is 1. The number of rotatable bonds is 3. The summed E-state index contributed by atoms with van der Waals surface area (Å²) in [6, 6.07) is 5.91. The van der Waals surface area contributed by atoms with Crippen LogP contribution in [0.5, 0.6) is 0 Å². The summed E-state index contributed by atoms with van der Waals surface area (Å²) in [4.78, 5) is 43.3. The van der Waals surface area contributed by atoms with Crippen molar-refractivity contribution >= 4 is 35.1 Å². The van der Waals surface area contributed by atoms with Gasteiger partial charge < -0.3 is 24.4 Å². The van der Waals surface area contributed by atoms with Crippen LogP contribution in [0.25, 0.3) is 0 Å². The second kappa shape index (κ2) is 7.43. The molecule has 0 aliphatic carbocycles. The van der Waals surface area contributed by atoms with Crippen LogP contribution in [-0.2, 0) is 23.9 Å². The van der Waals surface area contributed by atoms with Gasteiger partial charge in [0.25, 0.3) is 5.91 Å². The molecule has 5 rings (SSSR count). The summed E-state index contributed by atoms with van der Waals surface area (Å²) < 4.78 is 11.8. The third-order valence-electron chi connectivity index (χ3n) is 6.80. The maximum Gasteiger partial charge on any atom is 0.313 e. The molecule has 168 valence electrons. The van der Waals surface area contributed by atoms with Crippen molar-refractivity contribution < 1.29 is 29.0 Å². The third-order valence-corrected chi connectivity index (χ3v) is 7.12. The van der Waals surface area contributed by atoms with Gasteiger partial charge in [0.1, 0.15) is 24.2 Å². The number of amides is 2. The van der Waals surface area contributed by atoms with Crippen LogP contribution in [0.3, 0.4) is 0 Å². The van der Waals surface area contributed by atoms with E-state index in [-0.39, 0.29) is 32.2 Å². The fourth-order valence-electron chi connectivity index (χ4n) is 5.59. The number of hydrogen-bond donors (Lipinski definition) is 1. The molecule has 4 heterocycles. The summed E-state index contributed by atoms with van der Waals surface area (Å²) in [7, 11) is 0. The van der Waals surface area contributed by atoms with Gasteiger partial charge in [0, 0.05) is 13.1 Å². The van der Waals surface area contributed by atoms with E-state index in [0.29, 0.717) is 10.7 Å². The minimum Gasteiger partial charge on any atom is -0.461 e. The molecule has 1 aromatic carbocycles. The van der Waals surface area contributed by atoms with Crippen molar-refractivity contribution in [3.05, 3.63) is 53.6 Å². The Morgan fingerprint density at radius 2 is 1.91 bits per heavy atom. The lowest BCUT2D eigenvalue weighted by molar-refractivity contribution is -0.156. The molecule has 4 aliphatic heterocycles. The van der Waals surface area contributed by atoms with Gasteiger partial charge in [-0.05, 0) is 25.1 Å². The second-order valence-electron chi connectivity index (χ2n) is 8.59. The normalized spacial score (nSPS) is 35.8. The lowest BCUT2D eigenvalue weighted by Gasteiger charge is -2.37. The molecule has 2 fully saturated rings. The summed E-state index contributed by atoms with van der Waals surface area (Å²) in [5.41, 5.74) is -1.97. The predicted octanol–water partition coefficient (Wildman–Crippen LogP) is 1.32. The van der Waals surface area contributed by atoms with Gasteiger partial charge in [-0.3, -0.25) is 14.4 Å². The van der Waals surface area contributed by atoms with E-state index in [1.54, 1.807) is 55.5 Å². The summed E-state index contributed by atoms with van der Waals surface area (Å²) in [5, 5.41) is 10.1. The van der Waals surface area contributed by atoms with Crippen molar-refractivity contribution in [2.75, 3.05) is 31.2 Å². The fourth-order valence-corrected chi connectivity index (χ4v) is 5.83. The molecule has 9 heteroatoms. The number of hydrogen-bond acceptors (Lipinski definition) is 6. The Hall–Kier alpha value is -2.68. The monoisotopic (exact) mass is 458 g/mol. The summed E-state index contributed by atoms with van der Waals surface area (Å²) >= 11 is 6.37. The standard InChI is InChI=1S/C23H23ClN2O6/c1-22-8-5-13-31-21(30)17(22)16-19(28)26(11-12-27)18-20(29)25(10-4-9-23(16,18)32-22)15-7-3-2-6-14(15)24/h2-9,16-18,27H,10-13H2,1H3/t16-,17+,18?,22-,23-/m0/s1. The molecule has 1 N–H and O–H groups in total. The Morgan fingerprint density at radius 1 is 1.12 bits per heavy atom. The van der Waals surface area contributed by atoms with Gasteiger partial charge in [0.05, 0.1) is 28.8 Å². The Balaban J connectivity index is 1.66. The van der Waals surface area contributed by atoms with E-state index in [9.17, 15) is 19.5 Å². The molecule has 2 saturated heterocycles. The average Bonchev–Trinajstić information content (AvgIpc) is 3.00. The SMILES string of the molecule is C[C@]12C=CCOC(=O)[C@H]1[C@H]1C(=O)N(CCO)C3C(=O)N(c4ccccc4Cl)CC=C[C@@]31O2. The van der Waals surface area contributed by atoms with Gasteiger partial charge in [0.15, 0.2) is 0 Å². The largest absolute Gasteiger partial charge is 0.461 e. The third kappa shape index (κ3) is 2.79. The number of cyclic esters (lactones) is 1.